The molecule has 0 radical (unpaired) electrons. The number of carbonyl (C=O) groups is 1. The van der Waals surface area contributed by atoms with Crippen molar-refractivity contribution in [3.8, 4) is 11.4 Å². The summed E-state index contributed by atoms with van der Waals surface area (Å²) in [5.74, 6) is -0.812. The van der Waals surface area contributed by atoms with Crippen molar-refractivity contribution in [3.63, 3.8) is 0 Å². The molecule has 0 aliphatic carbocycles. The molecule has 1 aromatic heterocycles. The monoisotopic (exact) mass is 374 g/mol. The molecule has 0 fully saturated rings. The molecule has 0 aliphatic rings. The van der Waals surface area contributed by atoms with E-state index >= 15 is 0 Å². The van der Waals surface area contributed by atoms with Crippen LogP contribution in [0.2, 0.25) is 0 Å². The number of thioether (sulfide) groups is 1. The maximum Gasteiger partial charge on any atom is 0.237 e. The van der Waals surface area contributed by atoms with E-state index in [1.165, 1.54) is 12.1 Å². The normalized spacial score (nSPS) is 12.0. The molecule has 0 unspecified atom stereocenters. The van der Waals surface area contributed by atoms with Crippen LogP contribution < -0.4 is 5.32 Å². The molecule has 0 bridgehead atoms. The van der Waals surface area contributed by atoms with Gasteiger partial charge in [0, 0.05) is 5.69 Å². The van der Waals surface area contributed by atoms with Crippen molar-refractivity contribution in [3.05, 3.63) is 59.7 Å². The predicted molar refractivity (Wildman–Crippen MR) is 96.9 cm³/mol. The van der Waals surface area contributed by atoms with Gasteiger partial charge in [0.1, 0.15) is 11.6 Å². The van der Waals surface area contributed by atoms with E-state index in [-0.39, 0.29) is 11.7 Å². The number of anilines is 1. The SMILES string of the molecule is Cc1ccc(NC(=O)[C@@H](C)Sc2n[nH]c(-c3ccccc3F)n2)cc1F. The van der Waals surface area contributed by atoms with Crippen LogP contribution in [-0.2, 0) is 4.79 Å². The topological polar surface area (TPSA) is 70.7 Å². The maximum atomic E-state index is 13.8. The van der Waals surface area contributed by atoms with Gasteiger partial charge < -0.3 is 5.32 Å². The van der Waals surface area contributed by atoms with E-state index in [1.54, 1.807) is 44.2 Å². The number of hydrogen-bond donors (Lipinski definition) is 2. The second-order valence-corrected chi connectivity index (χ2v) is 6.97. The number of rotatable bonds is 5. The third-order valence-corrected chi connectivity index (χ3v) is 4.65. The Bertz CT molecular complexity index is 944. The van der Waals surface area contributed by atoms with Crippen LogP contribution in [0, 0.1) is 18.6 Å². The number of aryl methyl sites for hydroxylation is 1. The van der Waals surface area contributed by atoms with Crippen LogP contribution in [0.15, 0.2) is 47.6 Å². The first-order valence-corrected chi connectivity index (χ1v) is 8.73. The third-order valence-electron chi connectivity index (χ3n) is 3.68. The maximum absolute atomic E-state index is 13.8. The van der Waals surface area contributed by atoms with Gasteiger partial charge in [-0.1, -0.05) is 30.0 Å². The Morgan fingerprint density at radius 1 is 1.19 bits per heavy atom. The Kier molecular flexibility index (Phi) is 5.32. The highest BCUT2D eigenvalue weighted by molar-refractivity contribution is 8.00. The van der Waals surface area contributed by atoms with E-state index in [0.29, 0.717) is 27.8 Å². The van der Waals surface area contributed by atoms with Crippen LogP contribution in [0.3, 0.4) is 0 Å². The minimum Gasteiger partial charge on any atom is -0.325 e. The lowest BCUT2D eigenvalue weighted by Crippen LogP contribution is -2.22. The van der Waals surface area contributed by atoms with Crippen LogP contribution in [-0.4, -0.2) is 26.3 Å². The van der Waals surface area contributed by atoms with Crippen molar-refractivity contribution in [2.45, 2.75) is 24.3 Å². The summed E-state index contributed by atoms with van der Waals surface area (Å²) in [5, 5.41) is 9.12. The highest BCUT2D eigenvalue weighted by atomic mass is 32.2. The molecule has 0 spiro atoms. The summed E-state index contributed by atoms with van der Waals surface area (Å²) in [4.78, 5) is 16.5. The first kappa shape index (κ1) is 18.1. The van der Waals surface area contributed by atoms with E-state index in [1.807, 2.05) is 0 Å². The summed E-state index contributed by atoms with van der Waals surface area (Å²) in [6, 6.07) is 10.7. The predicted octanol–water partition coefficient (Wildman–Crippen LogP) is 4.18. The molecule has 134 valence electrons. The molecule has 2 aromatic carbocycles. The third kappa shape index (κ3) is 4.08. The number of aromatic nitrogens is 3. The van der Waals surface area contributed by atoms with Gasteiger partial charge in [-0.15, -0.1) is 5.10 Å². The fraction of sp³-hybridized carbons (Fsp3) is 0.167. The minimum absolute atomic E-state index is 0.291. The number of halogens is 2. The number of H-pyrrole nitrogens is 1. The van der Waals surface area contributed by atoms with E-state index in [0.717, 1.165) is 11.8 Å². The van der Waals surface area contributed by atoms with Crippen LogP contribution >= 0.6 is 11.8 Å². The van der Waals surface area contributed by atoms with Crippen molar-refractivity contribution < 1.29 is 13.6 Å². The van der Waals surface area contributed by atoms with Crippen molar-refractivity contribution in [2.24, 2.45) is 0 Å². The molecule has 1 heterocycles. The summed E-state index contributed by atoms with van der Waals surface area (Å²) in [5.41, 5.74) is 1.19. The van der Waals surface area contributed by atoms with Gasteiger partial charge in [0.25, 0.3) is 0 Å². The molecule has 3 rings (SSSR count). The van der Waals surface area contributed by atoms with Crippen molar-refractivity contribution >= 4 is 23.4 Å². The zero-order chi connectivity index (χ0) is 18.7. The first-order chi connectivity index (χ1) is 12.4. The molecule has 0 saturated heterocycles. The number of nitrogens with zero attached hydrogens (tertiary/aromatic N) is 2. The van der Waals surface area contributed by atoms with Gasteiger partial charge in [0.2, 0.25) is 11.1 Å². The number of aromatic amines is 1. The fourth-order valence-corrected chi connectivity index (χ4v) is 2.92. The lowest BCUT2D eigenvalue weighted by atomic mass is 10.2. The molecule has 8 heteroatoms. The summed E-state index contributed by atoms with van der Waals surface area (Å²) >= 11 is 1.12. The zero-order valence-corrected chi connectivity index (χ0v) is 14.9. The molecular weight excluding hydrogens is 358 g/mol. The molecule has 5 nitrogen and oxygen atoms in total. The molecule has 1 amide bonds. The van der Waals surface area contributed by atoms with Gasteiger partial charge in [-0.2, -0.15) is 0 Å². The molecule has 0 aliphatic heterocycles. The average molecular weight is 374 g/mol. The summed E-state index contributed by atoms with van der Waals surface area (Å²) in [7, 11) is 0. The lowest BCUT2D eigenvalue weighted by Gasteiger charge is -2.10. The number of hydrogen-bond acceptors (Lipinski definition) is 4. The Morgan fingerprint density at radius 2 is 1.96 bits per heavy atom. The molecular formula is C18H16F2N4OS. The summed E-state index contributed by atoms with van der Waals surface area (Å²) < 4.78 is 27.4. The summed E-state index contributed by atoms with van der Waals surface area (Å²) in [6.07, 6.45) is 0. The van der Waals surface area contributed by atoms with E-state index in [9.17, 15) is 13.6 Å². The van der Waals surface area contributed by atoms with Gasteiger partial charge in [-0.05, 0) is 43.7 Å². The van der Waals surface area contributed by atoms with Crippen LogP contribution in [0.4, 0.5) is 14.5 Å². The van der Waals surface area contributed by atoms with Crippen LogP contribution in [0.25, 0.3) is 11.4 Å². The average Bonchev–Trinajstić information content (AvgIpc) is 3.06. The smallest absolute Gasteiger partial charge is 0.237 e. The van der Waals surface area contributed by atoms with Gasteiger partial charge in [0.05, 0.1) is 10.8 Å². The first-order valence-electron chi connectivity index (χ1n) is 7.85. The molecule has 3 aromatic rings. The Hall–Kier alpha value is -2.74. The fourth-order valence-electron chi connectivity index (χ4n) is 2.20. The van der Waals surface area contributed by atoms with Crippen molar-refractivity contribution in [1.29, 1.82) is 0 Å². The number of amides is 1. The molecule has 1 atom stereocenters. The lowest BCUT2D eigenvalue weighted by molar-refractivity contribution is -0.115. The van der Waals surface area contributed by atoms with E-state index < -0.39 is 11.1 Å². The van der Waals surface area contributed by atoms with Gasteiger partial charge in [-0.25, -0.2) is 13.8 Å². The zero-order valence-electron chi connectivity index (χ0n) is 14.1. The summed E-state index contributed by atoms with van der Waals surface area (Å²) in [6.45, 7) is 3.33. The Labute approximate surface area is 153 Å². The van der Waals surface area contributed by atoms with Gasteiger partial charge in [-0.3, -0.25) is 9.89 Å². The number of benzene rings is 2. The standard InChI is InChI=1S/C18H16F2N4OS/c1-10-7-8-12(9-15(10)20)21-17(25)11(2)26-18-22-16(23-24-18)13-5-3-4-6-14(13)19/h3-9,11H,1-2H3,(H,21,25)(H,22,23,24)/t11-/m1/s1. The molecule has 0 saturated carbocycles. The van der Waals surface area contributed by atoms with Crippen LogP contribution in [0.1, 0.15) is 12.5 Å². The second kappa shape index (κ2) is 7.65. The molecule has 26 heavy (non-hydrogen) atoms. The Morgan fingerprint density at radius 3 is 2.69 bits per heavy atom. The minimum atomic E-state index is -0.524. The number of nitrogens with one attached hydrogen (secondary N) is 2. The highest BCUT2D eigenvalue weighted by Gasteiger charge is 2.18. The largest absolute Gasteiger partial charge is 0.325 e. The van der Waals surface area contributed by atoms with Crippen LogP contribution in [0.5, 0.6) is 0 Å². The van der Waals surface area contributed by atoms with Gasteiger partial charge >= 0.3 is 0 Å². The second-order valence-electron chi connectivity index (χ2n) is 5.66. The van der Waals surface area contributed by atoms with Crippen molar-refractivity contribution in [1.82, 2.24) is 15.2 Å². The Balaban J connectivity index is 1.66. The van der Waals surface area contributed by atoms with E-state index in [4.69, 9.17) is 0 Å². The number of carbonyl (C=O) groups excluding carboxylic acids is 1. The quantitative estimate of drug-likeness (QED) is 0.658. The van der Waals surface area contributed by atoms with Gasteiger partial charge in [0.15, 0.2) is 5.82 Å². The van der Waals surface area contributed by atoms with Crippen molar-refractivity contribution in [2.75, 3.05) is 5.32 Å². The molecule has 2 N–H and O–H groups in total. The van der Waals surface area contributed by atoms with E-state index in [2.05, 4.69) is 20.5 Å². The highest BCUT2D eigenvalue weighted by Crippen LogP contribution is 2.25.